The molecule has 1 atom stereocenters. The molecule has 0 radical (unpaired) electrons. The minimum atomic E-state index is -3.61. The molecule has 1 aliphatic rings. The third kappa shape index (κ3) is 3.45. The fourth-order valence-electron chi connectivity index (χ4n) is 2.40. The Morgan fingerprint density at radius 2 is 2.30 bits per heavy atom. The zero-order valence-corrected chi connectivity index (χ0v) is 12.4. The van der Waals surface area contributed by atoms with Gasteiger partial charge in [-0.1, -0.05) is 6.42 Å². The van der Waals surface area contributed by atoms with Crippen LogP contribution in [0.5, 0.6) is 0 Å². The number of likely N-dealkylation sites (tertiary alicyclic amines) is 1. The summed E-state index contributed by atoms with van der Waals surface area (Å²) in [5.41, 5.74) is 2.31. The maximum atomic E-state index is 12.3. The average Bonchev–Trinajstić information content (AvgIpc) is 2.46. The molecule has 1 saturated heterocycles. The van der Waals surface area contributed by atoms with Crippen molar-refractivity contribution in [3.05, 3.63) is 18.3 Å². The molecule has 20 heavy (non-hydrogen) atoms. The van der Waals surface area contributed by atoms with Gasteiger partial charge in [-0.05, 0) is 38.6 Å². The molecule has 7 nitrogen and oxygen atoms in total. The monoisotopic (exact) mass is 299 g/mol. The zero-order valence-electron chi connectivity index (χ0n) is 11.5. The number of pyridine rings is 1. The number of piperidine rings is 1. The Hall–Kier alpha value is -1.22. The first kappa shape index (κ1) is 15.2. The van der Waals surface area contributed by atoms with E-state index in [-0.39, 0.29) is 16.8 Å². The fourth-order valence-corrected chi connectivity index (χ4v) is 3.59. The number of nitrogens with two attached hydrogens (primary N) is 1. The van der Waals surface area contributed by atoms with Crippen molar-refractivity contribution in [2.75, 3.05) is 25.6 Å². The molecule has 1 aliphatic heterocycles. The number of rotatable bonds is 5. The number of nitrogen functional groups attached to an aromatic ring is 1. The largest absolute Gasteiger partial charge is 0.307 e. The van der Waals surface area contributed by atoms with Crippen LogP contribution in [0.3, 0.4) is 0 Å². The summed E-state index contributed by atoms with van der Waals surface area (Å²) < 4.78 is 27.2. The molecule has 2 heterocycles. The quantitative estimate of drug-likeness (QED) is 0.528. The number of anilines is 1. The van der Waals surface area contributed by atoms with Crippen LogP contribution in [0.1, 0.15) is 19.3 Å². The van der Waals surface area contributed by atoms with Crippen LogP contribution in [0.2, 0.25) is 0 Å². The molecule has 1 unspecified atom stereocenters. The van der Waals surface area contributed by atoms with E-state index in [9.17, 15) is 8.42 Å². The van der Waals surface area contributed by atoms with Crippen LogP contribution in [0, 0.1) is 0 Å². The lowest BCUT2D eigenvalue weighted by Gasteiger charge is -2.32. The highest BCUT2D eigenvalue weighted by molar-refractivity contribution is 7.89. The van der Waals surface area contributed by atoms with Crippen molar-refractivity contribution < 1.29 is 8.42 Å². The highest BCUT2D eigenvalue weighted by Crippen LogP contribution is 2.18. The van der Waals surface area contributed by atoms with E-state index in [1.54, 1.807) is 6.07 Å². The Morgan fingerprint density at radius 3 is 3.00 bits per heavy atom. The summed E-state index contributed by atoms with van der Waals surface area (Å²) in [6.45, 7) is 1.41. The number of likely N-dealkylation sites (N-methyl/N-ethyl adjacent to an activating group) is 1. The molecule has 0 aliphatic carbocycles. The third-order valence-electron chi connectivity index (χ3n) is 3.63. The van der Waals surface area contributed by atoms with Gasteiger partial charge in [0.2, 0.25) is 10.0 Å². The summed E-state index contributed by atoms with van der Waals surface area (Å²) in [6, 6.07) is 3.29. The number of sulfonamides is 1. The zero-order chi connectivity index (χ0) is 14.6. The van der Waals surface area contributed by atoms with Gasteiger partial charge in [0.25, 0.3) is 0 Å². The summed E-state index contributed by atoms with van der Waals surface area (Å²) in [5, 5.41) is 0. The predicted molar refractivity (Wildman–Crippen MR) is 77.5 cm³/mol. The predicted octanol–water partition coefficient (Wildman–Crippen LogP) is 0.130. The standard InChI is InChI=1S/C12H21N5O2S/c1-17-8-3-2-5-10(17)9-15-20(18,19)11-6-4-7-14-12(11)16-13/h4,6-7,10,15H,2-3,5,8-9,13H2,1H3,(H,14,16). The number of nitrogens with zero attached hydrogens (tertiary/aromatic N) is 2. The van der Waals surface area contributed by atoms with Crippen LogP contribution in [0.25, 0.3) is 0 Å². The SMILES string of the molecule is CN1CCCCC1CNS(=O)(=O)c1cccnc1NN. The van der Waals surface area contributed by atoms with Crippen LogP contribution in [-0.2, 0) is 10.0 Å². The lowest BCUT2D eigenvalue weighted by molar-refractivity contribution is 0.187. The second kappa shape index (κ2) is 6.49. The molecule has 2 rings (SSSR count). The Bertz CT molecular complexity index is 549. The lowest BCUT2D eigenvalue weighted by atomic mass is 10.0. The van der Waals surface area contributed by atoms with Crippen molar-refractivity contribution in [2.24, 2.45) is 5.84 Å². The summed E-state index contributed by atoms with van der Waals surface area (Å²) in [7, 11) is -1.58. The fraction of sp³-hybridized carbons (Fsp3) is 0.583. The highest BCUT2D eigenvalue weighted by atomic mass is 32.2. The molecule has 1 aromatic heterocycles. The summed E-state index contributed by atoms with van der Waals surface area (Å²) in [6.07, 6.45) is 4.81. The van der Waals surface area contributed by atoms with Gasteiger partial charge >= 0.3 is 0 Å². The maximum absolute atomic E-state index is 12.3. The molecular weight excluding hydrogens is 278 g/mol. The molecule has 4 N–H and O–H groups in total. The van der Waals surface area contributed by atoms with Gasteiger partial charge in [-0.25, -0.2) is 24.0 Å². The maximum Gasteiger partial charge on any atom is 0.244 e. The van der Waals surface area contributed by atoms with Gasteiger partial charge in [-0.3, -0.25) is 0 Å². The van der Waals surface area contributed by atoms with Crippen molar-refractivity contribution in [3.63, 3.8) is 0 Å². The number of nitrogens with one attached hydrogen (secondary N) is 2. The number of aromatic nitrogens is 1. The van der Waals surface area contributed by atoms with Gasteiger partial charge in [0, 0.05) is 18.8 Å². The summed E-state index contributed by atoms with van der Waals surface area (Å²) in [5.74, 6) is 5.45. The van der Waals surface area contributed by atoms with Gasteiger partial charge in [0.15, 0.2) is 5.82 Å². The van der Waals surface area contributed by atoms with Crippen LogP contribution in [0.4, 0.5) is 5.82 Å². The molecule has 1 fully saturated rings. The minimum Gasteiger partial charge on any atom is -0.307 e. The molecule has 0 amide bonds. The molecule has 0 aromatic carbocycles. The van der Waals surface area contributed by atoms with E-state index in [1.165, 1.54) is 18.7 Å². The van der Waals surface area contributed by atoms with Crippen LogP contribution < -0.4 is 16.0 Å². The molecule has 0 spiro atoms. The van der Waals surface area contributed by atoms with Gasteiger partial charge < -0.3 is 10.3 Å². The van der Waals surface area contributed by atoms with E-state index < -0.39 is 10.0 Å². The Kier molecular flexibility index (Phi) is 4.92. The second-order valence-corrected chi connectivity index (χ2v) is 6.71. The van der Waals surface area contributed by atoms with E-state index in [2.05, 4.69) is 20.0 Å². The highest BCUT2D eigenvalue weighted by Gasteiger charge is 2.23. The topological polar surface area (TPSA) is 100 Å². The summed E-state index contributed by atoms with van der Waals surface area (Å²) in [4.78, 5) is 6.17. The molecule has 112 valence electrons. The Labute approximate surface area is 119 Å². The van der Waals surface area contributed by atoms with Crippen molar-refractivity contribution in [1.82, 2.24) is 14.6 Å². The third-order valence-corrected chi connectivity index (χ3v) is 5.08. The first-order chi connectivity index (χ1) is 9.54. The summed E-state index contributed by atoms with van der Waals surface area (Å²) >= 11 is 0. The number of hydrogen-bond acceptors (Lipinski definition) is 6. The van der Waals surface area contributed by atoms with Gasteiger partial charge in [-0.15, -0.1) is 0 Å². The molecule has 0 bridgehead atoms. The minimum absolute atomic E-state index is 0.0703. The first-order valence-corrected chi connectivity index (χ1v) is 8.14. The van der Waals surface area contributed by atoms with Crippen LogP contribution in [-0.4, -0.2) is 44.5 Å². The number of hydrogen-bond donors (Lipinski definition) is 3. The molecular formula is C12H21N5O2S. The first-order valence-electron chi connectivity index (χ1n) is 6.66. The Balaban J connectivity index is 2.07. The molecule has 1 aromatic rings. The van der Waals surface area contributed by atoms with E-state index in [4.69, 9.17) is 5.84 Å². The normalized spacial score (nSPS) is 20.8. The average molecular weight is 299 g/mol. The Morgan fingerprint density at radius 1 is 1.50 bits per heavy atom. The van der Waals surface area contributed by atoms with Crippen molar-refractivity contribution in [2.45, 2.75) is 30.2 Å². The van der Waals surface area contributed by atoms with Crippen LogP contribution in [0.15, 0.2) is 23.2 Å². The van der Waals surface area contributed by atoms with Gasteiger partial charge in [0.1, 0.15) is 4.90 Å². The molecule has 0 saturated carbocycles. The van der Waals surface area contributed by atoms with E-state index in [0.717, 1.165) is 19.4 Å². The number of hydrazine groups is 1. The molecule has 8 heteroatoms. The van der Waals surface area contributed by atoms with Crippen molar-refractivity contribution in [1.29, 1.82) is 0 Å². The van der Waals surface area contributed by atoms with E-state index in [1.807, 2.05) is 7.05 Å². The van der Waals surface area contributed by atoms with Gasteiger partial charge in [-0.2, -0.15) is 0 Å². The lowest BCUT2D eigenvalue weighted by Crippen LogP contribution is -2.44. The van der Waals surface area contributed by atoms with Crippen molar-refractivity contribution in [3.8, 4) is 0 Å². The van der Waals surface area contributed by atoms with Crippen molar-refractivity contribution >= 4 is 15.8 Å². The second-order valence-electron chi connectivity index (χ2n) is 4.98. The van der Waals surface area contributed by atoms with E-state index >= 15 is 0 Å². The van der Waals surface area contributed by atoms with E-state index in [0.29, 0.717) is 6.54 Å². The van der Waals surface area contributed by atoms with Gasteiger partial charge in [0.05, 0.1) is 0 Å². The smallest absolute Gasteiger partial charge is 0.244 e. The van der Waals surface area contributed by atoms with Crippen LogP contribution >= 0.6 is 0 Å².